The second-order valence-corrected chi connectivity index (χ2v) is 4.61. The SMILES string of the molecule is CN=C(NN)N1CCCC(C(C)C)CC1. The van der Waals surface area contributed by atoms with Crippen LogP contribution in [0.4, 0.5) is 0 Å². The monoisotopic (exact) mass is 212 g/mol. The number of rotatable bonds is 1. The summed E-state index contributed by atoms with van der Waals surface area (Å²) in [6, 6.07) is 0. The lowest BCUT2D eigenvalue weighted by Crippen LogP contribution is -2.45. The van der Waals surface area contributed by atoms with E-state index in [9.17, 15) is 0 Å². The molecule has 1 fully saturated rings. The second kappa shape index (κ2) is 5.95. The Bertz CT molecular complexity index is 213. The first-order chi connectivity index (χ1) is 7.19. The molecule has 0 bridgehead atoms. The highest BCUT2D eigenvalue weighted by Crippen LogP contribution is 2.24. The summed E-state index contributed by atoms with van der Waals surface area (Å²) in [6.07, 6.45) is 3.82. The number of guanidine groups is 1. The topological polar surface area (TPSA) is 53.6 Å². The number of nitrogens with zero attached hydrogens (tertiary/aromatic N) is 2. The van der Waals surface area contributed by atoms with Gasteiger partial charge in [0.15, 0.2) is 0 Å². The normalized spacial score (nSPS) is 24.2. The van der Waals surface area contributed by atoms with Crippen molar-refractivity contribution in [3.63, 3.8) is 0 Å². The van der Waals surface area contributed by atoms with E-state index in [1.54, 1.807) is 7.05 Å². The van der Waals surface area contributed by atoms with Gasteiger partial charge in [0.2, 0.25) is 5.96 Å². The number of likely N-dealkylation sites (tertiary alicyclic amines) is 1. The van der Waals surface area contributed by atoms with Crippen LogP contribution in [-0.2, 0) is 0 Å². The van der Waals surface area contributed by atoms with Gasteiger partial charge in [-0.25, -0.2) is 5.84 Å². The summed E-state index contributed by atoms with van der Waals surface area (Å²) < 4.78 is 0. The van der Waals surface area contributed by atoms with Gasteiger partial charge < -0.3 is 4.90 Å². The predicted molar refractivity (Wildman–Crippen MR) is 64.4 cm³/mol. The average Bonchev–Trinajstić information content (AvgIpc) is 2.45. The van der Waals surface area contributed by atoms with Crippen molar-refractivity contribution < 1.29 is 0 Å². The Morgan fingerprint density at radius 3 is 2.67 bits per heavy atom. The molecule has 0 spiro atoms. The van der Waals surface area contributed by atoms with Crippen LogP contribution < -0.4 is 11.3 Å². The molecule has 1 atom stereocenters. The molecule has 1 heterocycles. The molecule has 0 saturated carbocycles. The molecule has 0 aliphatic carbocycles. The molecule has 3 N–H and O–H groups in total. The average molecular weight is 212 g/mol. The van der Waals surface area contributed by atoms with Gasteiger partial charge in [-0.2, -0.15) is 0 Å². The first kappa shape index (κ1) is 12.3. The van der Waals surface area contributed by atoms with Crippen LogP contribution in [0.2, 0.25) is 0 Å². The van der Waals surface area contributed by atoms with E-state index in [4.69, 9.17) is 5.84 Å². The third kappa shape index (κ3) is 3.38. The maximum absolute atomic E-state index is 5.44. The van der Waals surface area contributed by atoms with Crippen LogP contribution in [0.5, 0.6) is 0 Å². The smallest absolute Gasteiger partial charge is 0.208 e. The van der Waals surface area contributed by atoms with Crippen molar-refractivity contribution in [1.29, 1.82) is 0 Å². The zero-order valence-corrected chi connectivity index (χ0v) is 10.2. The molecule has 4 nitrogen and oxygen atoms in total. The lowest BCUT2D eigenvalue weighted by Gasteiger charge is -2.23. The molecule has 0 radical (unpaired) electrons. The van der Waals surface area contributed by atoms with Gasteiger partial charge in [0.25, 0.3) is 0 Å². The van der Waals surface area contributed by atoms with E-state index in [-0.39, 0.29) is 0 Å². The second-order valence-electron chi connectivity index (χ2n) is 4.61. The summed E-state index contributed by atoms with van der Waals surface area (Å²) >= 11 is 0. The van der Waals surface area contributed by atoms with Crippen LogP contribution in [0.1, 0.15) is 33.1 Å². The van der Waals surface area contributed by atoms with Gasteiger partial charge in [-0.15, -0.1) is 0 Å². The number of nitrogens with one attached hydrogen (secondary N) is 1. The maximum atomic E-state index is 5.44. The molecular weight excluding hydrogens is 188 g/mol. The minimum atomic E-state index is 0.790. The van der Waals surface area contributed by atoms with Gasteiger partial charge in [0, 0.05) is 20.1 Å². The molecule has 0 aromatic heterocycles. The Kier molecular flexibility index (Phi) is 4.88. The number of hydrazine groups is 1. The zero-order valence-electron chi connectivity index (χ0n) is 10.2. The molecule has 1 rings (SSSR count). The van der Waals surface area contributed by atoms with Crippen LogP contribution in [0.25, 0.3) is 0 Å². The van der Waals surface area contributed by atoms with Gasteiger partial charge in [0.1, 0.15) is 0 Å². The summed E-state index contributed by atoms with van der Waals surface area (Å²) in [7, 11) is 1.78. The van der Waals surface area contributed by atoms with Crippen molar-refractivity contribution in [3.05, 3.63) is 0 Å². The van der Waals surface area contributed by atoms with Crippen molar-refractivity contribution in [2.75, 3.05) is 20.1 Å². The number of nitrogens with two attached hydrogens (primary N) is 1. The Morgan fingerprint density at radius 2 is 2.13 bits per heavy atom. The lowest BCUT2D eigenvalue weighted by atomic mass is 9.89. The van der Waals surface area contributed by atoms with Crippen LogP contribution >= 0.6 is 0 Å². The summed E-state index contributed by atoms with van der Waals surface area (Å²) in [5, 5.41) is 0. The van der Waals surface area contributed by atoms with E-state index in [1.807, 2.05) is 0 Å². The molecule has 0 aromatic carbocycles. The van der Waals surface area contributed by atoms with Crippen molar-refractivity contribution in [2.45, 2.75) is 33.1 Å². The zero-order chi connectivity index (χ0) is 11.3. The third-order valence-corrected chi connectivity index (χ3v) is 3.36. The van der Waals surface area contributed by atoms with Gasteiger partial charge in [0.05, 0.1) is 0 Å². The van der Waals surface area contributed by atoms with E-state index in [0.29, 0.717) is 0 Å². The molecule has 4 heteroatoms. The van der Waals surface area contributed by atoms with E-state index in [0.717, 1.165) is 30.9 Å². The molecule has 1 unspecified atom stereocenters. The molecular formula is C11H24N4. The van der Waals surface area contributed by atoms with Gasteiger partial charge in [-0.05, 0) is 31.1 Å². The quantitative estimate of drug-likeness (QED) is 0.297. The Hall–Kier alpha value is -0.770. The fourth-order valence-electron chi connectivity index (χ4n) is 2.30. The molecule has 0 amide bonds. The fourth-order valence-corrected chi connectivity index (χ4v) is 2.30. The van der Waals surface area contributed by atoms with Gasteiger partial charge in [-0.3, -0.25) is 10.4 Å². The van der Waals surface area contributed by atoms with E-state index >= 15 is 0 Å². The van der Waals surface area contributed by atoms with E-state index < -0.39 is 0 Å². The number of hydrogen-bond acceptors (Lipinski definition) is 2. The third-order valence-electron chi connectivity index (χ3n) is 3.36. The molecule has 1 aliphatic heterocycles. The summed E-state index contributed by atoms with van der Waals surface area (Å²) in [5.74, 6) is 7.90. The van der Waals surface area contributed by atoms with Crippen molar-refractivity contribution in [1.82, 2.24) is 10.3 Å². The van der Waals surface area contributed by atoms with Crippen molar-refractivity contribution >= 4 is 5.96 Å². The molecule has 15 heavy (non-hydrogen) atoms. The highest BCUT2D eigenvalue weighted by Gasteiger charge is 2.20. The molecule has 1 saturated heterocycles. The first-order valence-electron chi connectivity index (χ1n) is 5.87. The first-order valence-corrected chi connectivity index (χ1v) is 5.87. The van der Waals surface area contributed by atoms with Crippen LogP contribution in [-0.4, -0.2) is 31.0 Å². The maximum Gasteiger partial charge on any atom is 0.208 e. The summed E-state index contributed by atoms with van der Waals surface area (Å²) in [5.41, 5.74) is 2.67. The highest BCUT2D eigenvalue weighted by atomic mass is 15.4. The molecule has 0 aromatic rings. The molecule has 88 valence electrons. The predicted octanol–water partition coefficient (Wildman–Crippen LogP) is 1.19. The lowest BCUT2D eigenvalue weighted by molar-refractivity contribution is 0.338. The molecule has 1 aliphatic rings. The van der Waals surface area contributed by atoms with Crippen LogP contribution in [0, 0.1) is 11.8 Å². The van der Waals surface area contributed by atoms with Crippen molar-refractivity contribution in [3.8, 4) is 0 Å². The summed E-state index contributed by atoms with van der Waals surface area (Å²) in [6.45, 7) is 6.77. The number of hydrogen-bond donors (Lipinski definition) is 2. The Morgan fingerprint density at radius 1 is 1.40 bits per heavy atom. The van der Waals surface area contributed by atoms with Crippen LogP contribution in [0.15, 0.2) is 4.99 Å². The minimum absolute atomic E-state index is 0.790. The Balaban J connectivity index is 2.52. The van der Waals surface area contributed by atoms with Crippen LogP contribution in [0.3, 0.4) is 0 Å². The van der Waals surface area contributed by atoms with E-state index in [1.165, 1.54) is 19.3 Å². The Labute approximate surface area is 92.9 Å². The minimum Gasteiger partial charge on any atom is -0.342 e. The standard InChI is InChI=1S/C11H24N4/c1-9(2)10-5-4-7-15(8-6-10)11(13-3)14-12/h9-10H,4-8,12H2,1-3H3,(H,13,14). The number of aliphatic imine (C=N–C) groups is 1. The van der Waals surface area contributed by atoms with Crippen molar-refractivity contribution in [2.24, 2.45) is 22.7 Å². The van der Waals surface area contributed by atoms with E-state index in [2.05, 4.69) is 29.2 Å². The van der Waals surface area contributed by atoms with Gasteiger partial charge >= 0.3 is 0 Å². The fraction of sp³-hybridized carbons (Fsp3) is 0.909. The summed E-state index contributed by atoms with van der Waals surface area (Å²) in [4.78, 5) is 6.40. The van der Waals surface area contributed by atoms with Gasteiger partial charge in [-0.1, -0.05) is 13.8 Å². The largest absolute Gasteiger partial charge is 0.342 e. The highest BCUT2D eigenvalue weighted by molar-refractivity contribution is 5.79.